The van der Waals surface area contributed by atoms with E-state index in [9.17, 15) is 9.59 Å². The van der Waals surface area contributed by atoms with Gasteiger partial charge in [0.25, 0.3) is 11.8 Å². The summed E-state index contributed by atoms with van der Waals surface area (Å²) in [5.41, 5.74) is 2.15. The number of hydrogen-bond acceptors (Lipinski definition) is 6. The minimum atomic E-state index is -0.399. The zero-order chi connectivity index (χ0) is 22.7. The molecule has 170 valence electrons. The van der Waals surface area contributed by atoms with E-state index in [-0.39, 0.29) is 17.7 Å². The molecule has 4 rings (SSSR count). The molecule has 8 heteroatoms. The number of aryl methyl sites for hydroxylation is 1. The zero-order valence-electron chi connectivity index (χ0n) is 19.0. The van der Waals surface area contributed by atoms with E-state index in [1.54, 1.807) is 24.3 Å². The number of nitrogens with one attached hydrogen (secondary N) is 1. The van der Waals surface area contributed by atoms with Gasteiger partial charge in [0, 0.05) is 61.7 Å². The van der Waals surface area contributed by atoms with Crippen LogP contribution >= 0.6 is 0 Å². The van der Waals surface area contributed by atoms with Crippen LogP contribution in [0.2, 0.25) is 0 Å². The molecule has 2 saturated heterocycles. The molecule has 1 N–H and O–H groups in total. The summed E-state index contributed by atoms with van der Waals surface area (Å²) in [6, 6.07) is 9.13. The predicted molar refractivity (Wildman–Crippen MR) is 123 cm³/mol. The van der Waals surface area contributed by atoms with Crippen molar-refractivity contribution < 1.29 is 14.3 Å². The standard InChI is InChI=1S/C24H31N5O3/c1-16(2)22-25-17(3)14-21(27-22)28-9-11-29(12-10-28)24(31)18-6-4-7-19(15-18)26-23(30)20-8-5-13-32-20/h4,6-7,14-16,20H,5,8-13H2,1-3H3,(H,26,30)/t20-/m1/s1. The first-order valence-electron chi connectivity index (χ1n) is 11.3. The summed E-state index contributed by atoms with van der Waals surface area (Å²) in [6.07, 6.45) is 1.24. The summed E-state index contributed by atoms with van der Waals surface area (Å²) in [7, 11) is 0. The Morgan fingerprint density at radius 3 is 2.59 bits per heavy atom. The molecule has 0 aliphatic carbocycles. The van der Waals surface area contributed by atoms with Crippen molar-refractivity contribution in [3.05, 3.63) is 47.4 Å². The van der Waals surface area contributed by atoms with Gasteiger partial charge in [-0.15, -0.1) is 0 Å². The van der Waals surface area contributed by atoms with Crippen LogP contribution in [0.3, 0.4) is 0 Å². The highest BCUT2D eigenvalue weighted by Crippen LogP contribution is 2.21. The summed E-state index contributed by atoms with van der Waals surface area (Å²) >= 11 is 0. The van der Waals surface area contributed by atoms with E-state index in [4.69, 9.17) is 9.72 Å². The third kappa shape index (κ3) is 5.07. The van der Waals surface area contributed by atoms with Crippen LogP contribution < -0.4 is 10.2 Å². The molecule has 2 amide bonds. The summed E-state index contributed by atoms with van der Waals surface area (Å²) in [5, 5.41) is 2.87. The van der Waals surface area contributed by atoms with E-state index in [2.05, 4.69) is 29.0 Å². The summed E-state index contributed by atoms with van der Waals surface area (Å²) in [4.78, 5) is 38.7. The topological polar surface area (TPSA) is 87.7 Å². The fourth-order valence-electron chi connectivity index (χ4n) is 4.05. The highest BCUT2D eigenvalue weighted by atomic mass is 16.5. The van der Waals surface area contributed by atoms with Gasteiger partial charge in [0.15, 0.2) is 0 Å². The van der Waals surface area contributed by atoms with Crippen LogP contribution in [0.25, 0.3) is 0 Å². The van der Waals surface area contributed by atoms with Crippen LogP contribution in [0, 0.1) is 6.92 Å². The normalized spacial score (nSPS) is 18.8. The number of aromatic nitrogens is 2. The monoisotopic (exact) mass is 437 g/mol. The predicted octanol–water partition coefficient (Wildman–Crippen LogP) is 2.99. The Morgan fingerprint density at radius 1 is 1.12 bits per heavy atom. The molecule has 1 atom stereocenters. The molecule has 2 aliphatic rings. The summed E-state index contributed by atoms with van der Waals surface area (Å²) < 4.78 is 5.43. The number of carbonyl (C=O) groups excluding carboxylic acids is 2. The Labute approximate surface area is 189 Å². The quantitative estimate of drug-likeness (QED) is 0.774. The van der Waals surface area contributed by atoms with E-state index < -0.39 is 6.10 Å². The summed E-state index contributed by atoms with van der Waals surface area (Å²) in [5.74, 6) is 1.86. The lowest BCUT2D eigenvalue weighted by Gasteiger charge is -2.35. The number of carbonyl (C=O) groups is 2. The molecule has 2 aliphatic heterocycles. The van der Waals surface area contributed by atoms with Gasteiger partial charge >= 0.3 is 0 Å². The van der Waals surface area contributed by atoms with Gasteiger partial charge in [-0.05, 0) is 38.0 Å². The molecular weight excluding hydrogens is 406 g/mol. The Hall–Kier alpha value is -3.00. The van der Waals surface area contributed by atoms with Crippen molar-refractivity contribution in [3.8, 4) is 0 Å². The maximum atomic E-state index is 13.1. The zero-order valence-corrected chi connectivity index (χ0v) is 19.0. The van der Waals surface area contributed by atoms with Crippen molar-refractivity contribution in [1.29, 1.82) is 0 Å². The van der Waals surface area contributed by atoms with E-state index in [0.717, 1.165) is 43.3 Å². The van der Waals surface area contributed by atoms with Crippen molar-refractivity contribution in [3.63, 3.8) is 0 Å². The fourth-order valence-corrected chi connectivity index (χ4v) is 4.05. The molecular formula is C24H31N5O3. The molecule has 3 heterocycles. The SMILES string of the molecule is Cc1cc(N2CCN(C(=O)c3cccc(NC(=O)[C@H]4CCCO4)c3)CC2)nc(C(C)C)n1. The molecule has 0 bridgehead atoms. The van der Waals surface area contributed by atoms with Gasteiger partial charge in [-0.25, -0.2) is 9.97 Å². The highest BCUT2D eigenvalue weighted by molar-refractivity contribution is 5.98. The first-order chi connectivity index (χ1) is 15.4. The average Bonchev–Trinajstić information content (AvgIpc) is 3.34. The molecule has 0 unspecified atom stereocenters. The number of ether oxygens (including phenoxy) is 1. The molecule has 8 nitrogen and oxygen atoms in total. The first-order valence-corrected chi connectivity index (χ1v) is 11.3. The van der Waals surface area contributed by atoms with Crippen LogP contribution in [-0.2, 0) is 9.53 Å². The van der Waals surface area contributed by atoms with Crippen molar-refractivity contribution in [2.24, 2.45) is 0 Å². The van der Waals surface area contributed by atoms with Crippen LogP contribution in [0.5, 0.6) is 0 Å². The smallest absolute Gasteiger partial charge is 0.254 e. The molecule has 1 aromatic heterocycles. The average molecular weight is 438 g/mol. The van der Waals surface area contributed by atoms with Crippen LogP contribution in [-0.4, -0.2) is 65.6 Å². The van der Waals surface area contributed by atoms with Gasteiger partial charge in [-0.3, -0.25) is 9.59 Å². The van der Waals surface area contributed by atoms with Crippen molar-refractivity contribution in [2.45, 2.75) is 45.6 Å². The van der Waals surface area contributed by atoms with E-state index in [1.807, 2.05) is 17.9 Å². The molecule has 32 heavy (non-hydrogen) atoms. The number of anilines is 2. The Bertz CT molecular complexity index is 979. The number of nitrogens with zero attached hydrogens (tertiary/aromatic N) is 4. The minimum Gasteiger partial charge on any atom is -0.368 e. The number of benzene rings is 1. The molecule has 0 spiro atoms. The van der Waals surface area contributed by atoms with Gasteiger partial charge in [0.1, 0.15) is 17.7 Å². The fraction of sp³-hybridized carbons (Fsp3) is 0.500. The van der Waals surface area contributed by atoms with E-state index in [0.29, 0.717) is 30.9 Å². The Morgan fingerprint density at radius 2 is 1.91 bits per heavy atom. The maximum absolute atomic E-state index is 13.1. The second-order valence-corrected chi connectivity index (χ2v) is 8.73. The van der Waals surface area contributed by atoms with E-state index >= 15 is 0 Å². The van der Waals surface area contributed by atoms with Crippen molar-refractivity contribution >= 4 is 23.3 Å². The van der Waals surface area contributed by atoms with Gasteiger partial charge in [-0.1, -0.05) is 19.9 Å². The number of hydrogen-bond donors (Lipinski definition) is 1. The molecule has 0 radical (unpaired) electrons. The highest BCUT2D eigenvalue weighted by Gasteiger charge is 2.25. The van der Waals surface area contributed by atoms with E-state index in [1.165, 1.54) is 0 Å². The minimum absolute atomic E-state index is 0.0281. The Balaban J connectivity index is 1.38. The van der Waals surface area contributed by atoms with Crippen LogP contribution in [0.1, 0.15) is 54.5 Å². The largest absolute Gasteiger partial charge is 0.368 e. The number of rotatable bonds is 5. The lowest BCUT2D eigenvalue weighted by atomic mass is 10.1. The first kappa shape index (κ1) is 22.2. The third-order valence-electron chi connectivity index (χ3n) is 5.86. The molecule has 1 aromatic carbocycles. The second kappa shape index (κ2) is 9.65. The lowest BCUT2D eigenvalue weighted by Crippen LogP contribution is -2.49. The lowest BCUT2D eigenvalue weighted by molar-refractivity contribution is -0.124. The van der Waals surface area contributed by atoms with Gasteiger partial charge < -0.3 is 19.9 Å². The number of piperazine rings is 1. The van der Waals surface area contributed by atoms with Gasteiger partial charge in [0.05, 0.1) is 0 Å². The molecule has 0 saturated carbocycles. The number of amides is 2. The van der Waals surface area contributed by atoms with Gasteiger partial charge in [-0.2, -0.15) is 0 Å². The maximum Gasteiger partial charge on any atom is 0.254 e. The van der Waals surface area contributed by atoms with Crippen LogP contribution in [0.4, 0.5) is 11.5 Å². The van der Waals surface area contributed by atoms with Gasteiger partial charge in [0.2, 0.25) is 0 Å². The Kier molecular flexibility index (Phi) is 6.69. The van der Waals surface area contributed by atoms with Crippen molar-refractivity contribution in [1.82, 2.24) is 14.9 Å². The third-order valence-corrected chi connectivity index (χ3v) is 5.86. The summed E-state index contributed by atoms with van der Waals surface area (Å²) in [6.45, 7) is 9.46. The molecule has 2 fully saturated rings. The second-order valence-electron chi connectivity index (χ2n) is 8.73. The van der Waals surface area contributed by atoms with Crippen molar-refractivity contribution in [2.75, 3.05) is 43.0 Å². The van der Waals surface area contributed by atoms with Crippen LogP contribution in [0.15, 0.2) is 30.3 Å². The molecule has 2 aromatic rings.